The van der Waals surface area contributed by atoms with E-state index in [4.69, 9.17) is 4.74 Å². The summed E-state index contributed by atoms with van der Waals surface area (Å²) in [5.41, 5.74) is 2.22. The molecule has 0 heterocycles. The number of methoxy groups -OCH3 is 1. The number of hydrogen-bond donors (Lipinski definition) is 0. The van der Waals surface area contributed by atoms with Gasteiger partial charge in [-0.25, -0.2) is 0 Å². The number of ether oxygens (including phenoxy) is 1. The Labute approximate surface area is 123 Å². The van der Waals surface area contributed by atoms with Gasteiger partial charge in [-0.3, -0.25) is 9.59 Å². The van der Waals surface area contributed by atoms with Gasteiger partial charge in [0.15, 0.2) is 11.6 Å². The van der Waals surface area contributed by atoms with Gasteiger partial charge in [-0.1, -0.05) is 30.3 Å². The molecular formula is C18H16O3. The van der Waals surface area contributed by atoms with Gasteiger partial charge in [0.05, 0.1) is 13.0 Å². The number of benzene rings is 2. The number of rotatable bonds is 3. The zero-order chi connectivity index (χ0) is 14.8. The largest absolute Gasteiger partial charge is 0.497 e. The maximum absolute atomic E-state index is 12.6. The second kappa shape index (κ2) is 5.52. The van der Waals surface area contributed by atoms with E-state index in [9.17, 15) is 9.59 Å². The van der Waals surface area contributed by atoms with E-state index in [0.29, 0.717) is 17.5 Å². The molecule has 21 heavy (non-hydrogen) atoms. The van der Waals surface area contributed by atoms with Crippen LogP contribution in [0.25, 0.3) is 0 Å². The molecule has 1 aliphatic carbocycles. The summed E-state index contributed by atoms with van der Waals surface area (Å²) in [6.07, 6.45) is 1.29. The molecule has 0 radical (unpaired) electrons. The molecule has 2 aromatic rings. The monoisotopic (exact) mass is 280 g/mol. The minimum Gasteiger partial charge on any atom is -0.497 e. The van der Waals surface area contributed by atoms with E-state index in [1.807, 2.05) is 24.3 Å². The molecule has 0 saturated heterocycles. The molecule has 2 aromatic carbocycles. The Morgan fingerprint density at radius 1 is 1.14 bits per heavy atom. The van der Waals surface area contributed by atoms with Crippen molar-refractivity contribution in [2.75, 3.05) is 7.11 Å². The lowest BCUT2D eigenvalue weighted by atomic mass is 9.79. The molecule has 3 nitrogen and oxygen atoms in total. The molecule has 0 fully saturated rings. The van der Waals surface area contributed by atoms with Crippen LogP contribution in [0.1, 0.15) is 32.7 Å². The summed E-state index contributed by atoms with van der Waals surface area (Å²) in [6.45, 7) is 0. The molecule has 106 valence electrons. The van der Waals surface area contributed by atoms with E-state index in [-0.39, 0.29) is 11.6 Å². The van der Waals surface area contributed by atoms with Crippen molar-refractivity contribution in [3.63, 3.8) is 0 Å². The highest BCUT2D eigenvalue weighted by atomic mass is 16.5. The Bertz CT molecular complexity index is 689. The van der Waals surface area contributed by atoms with Gasteiger partial charge in [0, 0.05) is 11.1 Å². The average Bonchev–Trinajstić information content (AvgIpc) is 2.55. The molecule has 1 atom stereocenters. The molecular weight excluding hydrogens is 264 g/mol. The summed E-state index contributed by atoms with van der Waals surface area (Å²) in [6, 6.07) is 14.4. The molecule has 1 unspecified atom stereocenters. The predicted octanol–water partition coefficient (Wildman–Crippen LogP) is 3.32. The van der Waals surface area contributed by atoms with Crippen LogP contribution < -0.4 is 4.74 Å². The molecule has 3 heteroatoms. The van der Waals surface area contributed by atoms with Crippen LogP contribution in [0.3, 0.4) is 0 Å². The van der Waals surface area contributed by atoms with Gasteiger partial charge in [0.25, 0.3) is 0 Å². The van der Waals surface area contributed by atoms with Crippen molar-refractivity contribution in [1.82, 2.24) is 0 Å². The summed E-state index contributed by atoms with van der Waals surface area (Å²) < 4.78 is 5.18. The Balaban J connectivity index is 1.91. The SMILES string of the molecule is COc1ccc2c(c1)CCC(C(=O)c1ccccc1)C2=O. The predicted molar refractivity (Wildman–Crippen MR) is 79.9 cm³/mol. The van der Waals surface area contributed by atoms with Crippen LogP contribution in [0.2, 0.25) is 0 Å². The highest BCUT2D eigenvalue weighted by molar-refractivity contribution is 6.17. The zero-order valence-electron chi connectivity index (χ0n) is 11.8. The van der Waals surface area contributed by atoms with E-state index < -0.39 is 5.92 Å². The van der Waals surface area contributed by atoms with Gasteiger partial charge in [-0.15, -0.1) is 0 Å². The number of ketones is 2. The van der Waals surface area contributed by atoms with E-state index in [2.05, 4.69) is 0 Å². The van der Waals surface area contributed by atoms with Crippen LogP contribution in [-0.4, -0.2) is 18.7 Å². The zero-order valence-corrected chi connectivity index (χ0v) is 11.8. The van der Waals surface area contributed by atoms with Gasteiger partial charge in [-0.05, 0) is 36.6 Å². The Hall–Kier alpha value is -2.42. The number of aryl methyl sites for hydroxylation is 1. The number of carbonyl (C=O) groups excluding carboxylic acids is 2. The lowest BCUT2D eigenvalue weighted by Gasteiger charge is -2.22. The van der Waals surface area contributed by atoms with Crippen molar-refractivity contribution >= 4 is 11.6 Å². The summed E-state index contributed by atoms with van der Waals surface area (Å²) in [5.74, 6) is 0.0255. The second-order valence-corrected chi connectivity index (χ2v) is 5.21. The lowest BCUT2D eigenvalue weighted by molar-refractivity contribution is 0.0790. The van der Waals surface area contributed by atoms with Crippen molar-refractivity contribution in [3.8, 4) is 5.75 Å². The Kier molecular flexibility index (Phi) is 3.57. The topological polar surface area (TPSA) is 43.4 Å². The van der Waals surface area contributed by atoms with Crippen molar-refractivity contribution < 1.29 is 14.3 Å². The minimum atomic E-state index is -0.562. The fourth-order valence-electron chi connectivity index (χ4n) is 2.82. The first kappa shape index (κ1) is 13.6. The Morgan fingerprint density at radius 2 is 1.90 bits per heavy atom. The van der Waals surface area contributed by atoms with E-state index in [0.717, 1.165) is 17.7 Å². The molecule has 0 aliphatic heterocycles. The van der Waals surface area contributed by atoms with Gasteiger partial charge < -0.3 is 4.74 Å². The van der Waals surface area contributed by atoms with Crippen molar-refractivity contribution in [1.29, 1.82) is 0 Å². The number of hydrogen-bond acceptors (Lipinski definition) is 3. The summed E-state index contributed by atoms with van der Waals surface area (Å²) >= 11 is 0. The molecule has 0 bridgehead atoms. The third-order valence-electron chi connectivity index (χ3n) is 3.97. The highest BCUT2D eigenvalue weighted by Gasteiger charge is 2.33. The van der Waals surface area contributed by atoms with Gasteiger partial charge in [0.1, 0.15) is 5.75 Å². The maximum Gasteiger partial charge on any atom is 0.173 e. The van der Waals surface area contributed by atoms with Crippen molar-refractivity contribution in [2.45, 2.75) is 12.8 Å². The Morgan fingerprint density at radius 3 is 2.62 bits per heavy atom. The van der Waals surface area contributed by atoms with Crippen LogP contribution in [-0.2, 0) is 6.42 Å². The summed E-state index contributed by atoms with van der Waals surface area (Å²) in [4.78, 5) is 25.1. The van der Waals surface area contributed by atoms with E-state index in [1.54, 1.807) is 31.4 Å². The van der Waals surface area contributed by atoms with E-state index >= 15 is 0 Å². The first-order chi connectivity index (χ1) is 10.2. The van der Waals surface area contributed by atoms with Crippen LogP contribution in [0.4, 0.5) is 0 Å². The molecule has 0 saturated carbocycles. The minimum absolute atomic E-state index is 0.0762. The molecule has 0 N–H and O–H groups in total. The van der Waals surface area contributed by atoms with Crippen LogP contribution >= 0.6 is 0 Å². The molecule has 0 aromatic heterocycles. The highest BCUT2D eigenvalue weighted by Crippen LogP contribution is 2.30. The maximum atomic E-state index is 12.6. The molecule has 1 aliphatic rings. The average molecular weight is 280 g/mol. The number of fused-ring (bicyclic) bond motifs is 1. The third kappa shape index (κ3) is 2.47. The fraction of sp³-hybridized carbons (Fsp3) is 0.222. The third-order valence-corrected chi connectivity index (χ3v) is 3.97. The first-order valence-electron chi connectivity index (χ1n) is 7.01. The van der Waals surface area contributed by atoms with Gasteiger partial charge in [0.2, 0.25) is 0 Å². The van der Waals surface area contributed by atoms with E-state index in [1.165, 1.54) is 0 Å². The van der Waals surface area contributed by atoms with Crippen LogP contribution in [0, 0.1) is 5.92 Å². The van der Waals surface area contributed by atoms with Gasteiger partial charge in [-0.2, -0.15) is 0 Å². The lowest BCUT2D eigenvalue weighted by Crippen LogP contribution is -2.29. The normalized spacial score (nSPS) is 17.2. The molecule has 0 spiro atoms. The van der Waals surface area contributed by atoms with Crippen molar-refractivity contribution in [2.24, 2.45) is 5.92 Å². The summed E-state index contributed by atoms with van der Waals surface area (Å²) in [5, 5.41) is 0. The molecule has 3 rings (SSSR count). The standard InChI is InChI=1S/C18H16O3/c1-21-14-8-10-15-13(11-14)7-9-16(18(15)20)17(19)12-5-3-2-4-6-12/h2-6,8,10-11,16H,7,9H2,1H3. The smallest absolute Gasteiger partial charge is 0.173 e. The fourth-order valence-corrected chi connectivity index (χ4v) is 2.82. The quantitative estimate of drug-likeness (QED) is 0.640. The van der Waals surface area contributed by atoms with Crippen molar-refractivity contribution in [3.05, 3.63) is 65.2 Å². The molecule has 0 amide bonds. The second-order valence-electron chi connectivity index (χ2n) is 5.21. The first-order valence-corrected chi connectivity index (χ1v) is 7.01. The van der Waals surface area contributed by atoms with Crippen LogP contribution in [0.5, 0.6) is 5.75 Å². The van der Waals surface area contributed by atoms with Crippen LogP contribution in [0.15, 0.2) is 48.5 Å². The number of Topliss-reactive ketones (excluding diaryl/α,β-unsaturated/α-hetero) is 2. The number of carbonyl (C=O) groups is 2. The van der Waals surface area contributed by atoms with Gasteiger partial charge >= 0.3 is 0 Å². The summed E-state index contributed by atoms with van der Waals surface area (Å²) in [7, 11) is 1.61.